The highest BCUT2D eigenvalue weighted by molar-refractivity contribution is 5.90. The number of anilines is 1. The second-order valence-corrected chi connectivity index (χ2v) is 5.74. The van der Waals surface area contributed by atoms with Gasteiger partial charge in [-0.2, -0.15) is 0 Å². The fourth-order valence-electron chi connectivity index (χ4n) is 2.65. The molecule has 1 fully saturated rings. The Morgan fingerprint density at radius 3 is 2.77 bits per heavy atom. The van der Waals surface area contributed by atoms with Gasteiger partial charge in [0.15, 0.2) is 0 Å². The molecule has 2 aromatic rings. The van der Waals surface area contributed by atoms with Crippen molar-refractivity contribution in [2.45, 2.75) is 18.9 Å². The largest absolute Gasteiger partial charge is 0.467 e. The van der Waals surface area contributed by atoms with Crippen LogP contribution in [0.3, 0.4) is 0 Å². The van der Waals surface area contributed by atoms with Crippen LogP contribution in [-0.4, -0.2) is 41.7 Å². The van der Waals surface area contributed by atoms with Crippen molar-refractivity contribution in [1.82, 2.24) is 9.97 Å². The van der Waals surface area contributed by atoms with E-state index in [1.165, 1.54) is 30.5 Å². The molecular weight excluding hydrogens is 343 g/mol. The normalized spacial score (nSPS) is 16.5. The first-order valence-corrected chi connectivity index (χ1v) is 7.90. The van der Waals surface area contributed by atoms with Crippen molar-refractivity contribution in [2.75, 3.05) is 18.6 Å². The number of hydrogen-bond donors (Lipinski definition) is 1. The van der Waals surface area contributed by atoms with Gasteiger partial charge >= 0.3 is 12.1 Å². The molecule has 9 heteroatoms. The van der Waals surface area contributed by atoms with Gasteiger partial charge in [-0.05, 0) is 24.6 Å². The summed E-state index contributed by atoms with van der Waals surface area (Å²) in [5, 5.41) is 0. The Balaban J connectivity index is 1.76. The van der Waals surface area contributed by atoms with Crippen molar-refractivity contribution in [3.8, 4) is 17.1 Å². The molecule has 3 rings (SSSR count). The molecule has 0 spiro atoms. The summed E-state index contributed by atoms with van der Waals surface area (Å²) in [6.45, 7) is 0.233. The number of hydrogen-bond acceptors (Lipinski definition) is 6. The molecular formula is C17H17FN4O4. The first-order valence-electron chi connectivity index (χ1n) is 7.90. The smallest absolute Gasteiger partial charge is 0.414 e. The molecule has 136 valence electrons. The second kappa shape index (κ2) is 7.34. The lowest BCUT2D eigenvalue weighted by atomic mass is 10.1. The number of carbonyl (C=O) groups is 2. The zero-order valence-electron chi connectivity index (χ0n) is 14.0. The standard InChI is InChI=1S/C17H17FN4O4/c1-25-16-20-7-10(8-21-16)13-4-2-11(6-14(13)18)22-9-12(26-17(22)24)3-5-15(19)23/h2,4,6-8,12H,3,5,9H2,1H3,(H2,19,23). The third-order valence-corrected chi connectivity index (χ3v) is 3.97. The molecule has 0 radical (unpaired) electrons. The van der Waals surface area contributed by atoms with Crippen LogP contribution in [0.2, 0.25) is 0 Å². The maximum atomic E-state index is 14.5. The van der Waals surface area contributed by atoms with Crippen molar-refractivity contribution in [3.05, 3.63) is 36.4 Å². The Morgan fingerprint density at radius 1 is 1.42 bits per heavy atom. The predicted octanol–water partition coefficient (Wildman–Crippen LogP) is 1.88. The first-order chi connectivity index (χ1) is 12.5. The van der Waals surface area contributed by atoms with Crippen LogP contribution in [0.1, 0.15) is 12.8 Å². The third-order valence-electron chi connectivity index (χ3n) is 3.97. The number of nitrogens with two attached hydrogens (primary N) is 1. The van der Waals surface area contributed by atoms with Gasteiger partial charge in [0.25, 0.3) is 0 Å². The Kier molecular flexibility index (Phi) is 4.97. The first kappa shape index (κ1) is 17.6. The van der Waals surface area contributed by atoms with Crippen LogP contribution in [0.25, 0.3) is 11.1 Å². The molecule has 2 heterocycles. The average Bonchev–Trinajstić information content (AvgIpc) is 3.01. The van der Waals surface area contributed by atoms with Crippen LogP contribution in [0.5, 0.6) is 6.01 Å². The van der Waals surface area contributed by atoms with Crippen LogP contribution < -0.4 is 15.4 Å². The fraction of sp³-hybridized carbons (Fsp3) is 0.294. The van der Waals surface area contributed by atoms with Crippen molar-refractivity contribution >= 4 is 17.7 Å². The number of aromatic nitrogens is 2. The molecule has 1 aromatic carbocycles. The molecule has 2 amide bonds. The summed E-state index contributed by atoms with van der Waals surface area (Å²) < 4.78 is 24.6. The molecule has 8 nitrogen and oxygen atoms in total. The van der Waals surface area contributed by atoms with E-state index < -0.39 is 23.9 Å². The minimum Gasteiger partial charge on any atom is -0.467 e. The Morgan fingerprint density at radius 2 is 2.15 bits per heavy atom. The van der Waals surface area contributed by atoms with E-state index in [1.54, 1.807) is 12.1 Å². The van der Waals surface area contributed by atoms with Gasteiger partial charge in [-0.1, -0.05) is 0 Å². The summed E-state index contributed by atoms with van der Waals surface area (Å²) in [4.78, 5) is 32.1. The van der Waals surface area contributed by atoms with E-state index in [9.17, 15) is 14.0 Å². The Bertz CT molecular complexity index is 828. The van der Waals surface area contributed by atoms with Crippen molar-refractivity contribution in [3.63, 3.8) is 0 Å². The maximum absolute atomic E-state index is 14.5. The molecule has 26 heavy (non-hydrogen) atoms. The number of rotatable bonds is 6. The lowest BCUT2D eigenvalue weighted by Gasteiger charge is -2.14. The minimum atomic E-state index is -0.584. The number of primary amides is 1. The molecule has 2 N–H and O–H groups in total. The van der Waals surface area contributed by atoms with E-state index in [0.29, 0.717) is 23.2 Å². The predicted molar refractivity (Wildman–Crippen MR) is 90.0 cm³/mol. The van der Waals surface area contributed by atoms with Crippen LogP contribution >= 0.6 is 0 Å². The number of ether oxygens (including phenoxy) is 2. The number of halogens is 1. The number of benzene rings is 1. The second-order valence-electron chi connectivity index (χ2n) is 5.74. The zero-order valence-corrected chi connectivity index (χ0v) is 14.0. The van der Waals surface area contributed by atoms with E-state index in [4.69, 9.17) is 15.2 Å². The third kappa shape index (κ3) is 3.71. The van der Waals surface area contributed by atoms with Crippen molar-refractivity contribution < 1.29 is 23.5 Å². The molecule has 1 unspecified atom stereocenters. The molecule has 1 aliphatic heterocycles. The van der Waals surface area contributed by atoms with Gasteiger partial charge in [0.05, 0.1) is 19.3 Å². The number of amides is 2. The highest BCUT2D eigenvalue weighted by Gasteiger charge is 2.32. The van der Waals surface area contributed by atoms with Crippen LogP contribution in [0, 0.1) is 5.82 Å². The topological polar surface area (TPSA) is 108 Å². The highest BCUT2D eigenvalue weighted by atomic mass is 19.1. The number of cyclic esters (lactones) is 1. The van der Waals surface area contributed by atoms with Crippen LogP contribution in [0.4, 0.5) is 14.9 Å². The lowest BCUT2D eigenvalue weighted by molar-refractivity contribution is -0.118. The summed E-state index contributed by atoms with van der Waals surface area (Å²) in [6, 6.07) is 4.59. The quantitative estimate of drug-likeness (QED) is 0.843. The number of nitrogens with zero attached hydrogens (tertiary/aromatic N) is 3. The number of methoxy groups -OCH3 is 1. The van der Waals surface area contributed by atoms with E-state index in [0.717, 1.165) is 0 Å². The van der Waals surface area contributed by atoms with E-state index in [1.807, 2.05) is 0 Å². The lowest BCUT2D eigenvalue weighted by Crippen LogP contribution is -2.25. The van der Waals surface area contributed by atoms with Crippen LogP contribution in [-0.2, 0) is 9.53 Å². The summed E-state index contributed by atoms with van der Waals surface area (Å²) in [5.74, 6) is -0.985. The van der Waals surface area contributed by atoms with Gasteiger partial charge in [-0.25, -0.2) is 19.2 Å². The molecule has 1 aromatic heterocycles. The maximum Gasteiger partial charge on any atom is 0.414 e. The molecule has 0 aliphatic carbocycles. The molecule has 0 saturated carbocycles. The summed E-state index contributed by atoms with van der Waals surface area (Å²) in [6.07, 6.45) is 2.33. The summed E-state index contributed by atoms with van der Waals surface area (Å²) in [7, 11) is 1.44. The SMILES string of the molecule is COc1ncc(-c2ccc(N3CC(CCC(N)=O)OC3=O)cc2F)cn1. The average molecular weight is 360 g/mol. The monoisotopic (exact) mass is 360 g/mol. The zero-order chi connectivity index (χ0) is 18.7. The van der Waals surface area contributed by atoms with E-state index in [-0.39, 0.29) is 19.0 Å². The van der Waals surface area contributed by atoms with Gasteiger partial charge in [-0.15, -0.1) is 0 Å². The van der Waals surface area contributed by atoms with Gasteiger partial charge in [0, 0.05) is 29.9 Å². The molecule has 0 bridgehead atoms. The minimum absolute atomic E-state index is 0.122. The van der Waals surface area contributed by atoms with Gasteiger partial charge in [-0.3, -0.25) is 9.69 Å². The Labute approximate surface area is 148 Å². The molecule has 1 saturated heterocycles. The van der Waals surface area contributed by atoms with Gasteiger partial charge in [0.2, 0.25) is 5.91 Å². The van der Waals surface area contributed by atoms with Crippen molar-refractivity contribution in [1.29, 1.82) is 0 Å². The fourth-order valence-corrected chi connectivity index (χ4v) is 2.65. The van der Waals surface area contributed by atoms with E-state index >= 15 is 0 Å². The Hall–Kier alpha value is -3.23. The number of carbonyl (C=O) groups excluding carboxylic acids is 2. The summed E-state index contributed by atoms with van der Waals surface area (Å²) in [5.41, 5.74) is 6.25. The van der Waals surface area contributed by atoms with Gasteiger partial charge in [0.1, 0.15) is 11.9 Å². The van der Waals surface area contributed by atoms with Crippen LogP contribution in [0.15, 0.2) is 30.6 Å². The molecule has 1 aliphatic rings. The van der Waals surface area contributed by atoms with Crippen molar-refractivity contribution in [2.24, 2.45) is 5.73 Å². The molecule has 1 atom stereocenters. The summed E-state index contributed by atoms with van der Waals surface area (Å²) >= 11 is 0. The van der Waals surface area contributed by atoms with E-state index in [2.05, 4.69) is 9.97 Å². The van der Waals surface area contributed by atoms with Gasteiger partial charge < -0.3 is 15.2 Å². The highest BCUT2D eigenvalue weighted by Crippen LogP contribution is 2.29.